The highest BCUT2D eigenvalue weighted by atomic mass is 16.5. The molecule has 0 heterocycles. The maximum atomic E-state index is 5.68. The summed E-state index contributed by atoms with van der Waals surface area (Å²) in [5.41, 5.74) is 0. The Morgan fingerprint density at radius 2 is 1.88 bits per heavy atom. The molecule has 0 radical (unpaired) electrons. The van der Waals surface area contributed by atoms with E-state index < -0.39 is 0 Å². The van der Waals surface area contributed by atoms with Crippen molar-refractivity contribution in [2.75, 3.05) is 13.7 Å². The lowest BCUT2D eigenvalue weighted by molar-refractivity contribution is 0.277. The Balaban J connectivity index is 2.23. The van der Waals surface area contributed by atoms with E-state index >= 15 is 0 Å². The number of hydrogen-bond acceptors (Lipinski definition) is 2. The van der Waals surface area contributed by atoms with Crippen molar-refractivity contribution in [3.63, 3.8) is 0 Å². The first-order chi connectivity index (χ1) is 7.72. The second kappa shape index (κ2) is 7.29. The molecular weight excluding hydrogens is 198 g/mol. The van der Waals surface area contributed by atoms with E-state index in [4.69, 9.17) is 4.74 Å². The molecule has 2 nitrogen and oxygen atoms in total. The molecule has 1 N–H and O–H groups in total. The SMILES string of the molecule is CNC(CCOc1ccccc1)CC(C)C. The summed E-state index contributed by atoms with van der Waals surface area (Å²) in [4.78, 5) is 0. The van der Waals surface area contributed by atoms with Crippen molar-refractivity contribution in [3.8, 4) is 5.75 Å². The number of rotatable bonds is 7. The summed E-state index contributed by atoms with van der Waals surface area (Å²) in [5.74, 6) is 1.69. The van der Waals surface area contributed by atoms with Crippen LogP contribution in [0.2, 0.25) is 0 Å². The second-order valence-electron chi connectivity index (χ2n) is 4.57. The molecule has 90 valence electrons. The Morgan fingerprint density at radius 1 is 1.19 bits per heavy atom. The van der Waals surface area contributed by atoms with Gasteiger partial charge in [0.1, 0.15) is 5.75 Å². The Morgan fingerprint density at radius 3 is 2.44 bits per heavy atom. The van der Waals surface area contributed by atoms with Crippen LogP contribution < -0.4 is 10.1 Å². The first-order valence-corrected chi connectivity index (χ1v) is 6.07. The van der Waals surface area contributed by atoms with Crippen LogP contribution in [0.4, 0.5) is 0 Å². The van der Waals surface area contributed by atoms with E-state index in [1.165, 1.54) is 6.42 Å². The van der Waals surface area contributed by atoms with Crippen molar-refractivity contribution in [3.05, 3.63) is 30.3 Å². The van der Waals surface area contributed by atoms with Gasteiger partial charge >= 0.3 is 0 Å². The van der Waals surface area contributed by atoms with E-state index in [-0.39, 0.29) is 0 Å². The van der Waals surface area contributed by atoms with E-state index in [0.717, 1.165) is 24.7 Å². The molecule has 16 heavy (non-hydrogen) atoms. The third-order valence-electron chi connectivity index (χ3n) is 2.64. The van der Waals surface area contributed by atoms with Gasteiger partial charge in [0, 0.05) is 6.04 Å². The number of nitrogens with one attached hydrogen (secondary N) is 1. The van der Waals surface area contributed by atoms with Gasteiger partial charge in [0.05, 0.1) is 6.61 Å². The summed E-state index contributed by atoms with van der Waals surface area (Å²) >= 11 is 0. The van der Waals surface area contributed by atoms with Crippen LogP contribution in [0, 0.1) is 5.92 Å². The number of para-hydroxylation sites is 1. The van der Waals surface area contributed by atoms with Crippen LogP contribution >= 0.6 is 0 Å². The highest BCUT2D eigenvalue weighted by Crippen LogP contribution is 2.11. The van der Waals surface area contributed by atoms with Crippen LogP contribution in [0.3, 0.4) is 0 Å². The van der Waals surface area contributed by atoms with Gasteiger partial charge in [-0.1, -0.05) is 32.0 Å². The lowest BCUT2D eigenvalue weighted by Crippen LogP contribution is -2.28. The van der Waals surface area contributed by atoms with E-state index in [1.807, 2.05) is 37.4 Å². The fourth-order valence-corrected chi connectivity index (χ4v) is 1.78. The van der Waals surface area contributed by atoms with Gasteiger partial charge in [0.25, 0.3) is 0 Å². The summed E-state index contributed by atoms with van der Waals surface area (Å²) in [5, 5.41) is 3.34. The zero-order valence-electron chi connectivity index (χ0n) is 10.6. The predicted molar refractivity (Wildman–Crippen MR) is 68.9 cm³/mol. The van der Waals surface area contributed by atoms with Crippen LogP contribution in [-0.2, 0) is 0 Å². The molecule has 0 saturated carbocycles. The Bertz CT molecular complexity index is 271. The minimum atomic E-state index is 0.559. The first-order valence-electron chi connectivity index (χ1n) is 6.07. The molecule has 0 fully saturated rings. The Kier molecular flexibility index (Phi) is 5.94. The molecule has 1 rings (SSSR count). The van der Waals surface area contributed by atoms with Gasteiger partial charge in [-0.3, -0.25) is 0 Å². The van der Waals surface area contributed by atoms with E-state index in [2.05, 4.69) is 19.2 Å². The topological polar surface area (TPSA) is 21.3 Å². The van der Waals surface area contributed by atoms with Gasteiger partial charge < -0.3 is 10.1 Å². The van der Waals surface area contributed by atoms with E-state index in [1.54, 1.807) is 0 Å². The molecule has 0 aliphatic rings. The Labute approximate surface area is 99.0 Å². The van der Waals surface area contributed by atoms with Crippen molar-refractivity contribution in [2.45, 2.75) is 32.7 Å². The molecule has 0 aromatic heterocycles. The molecule has 2 heteroatoms. The maximum absolute atomic E-state index is 5.68. The van der Waals surface area contributed by atoms with Gasteiger partial charge in [-0.25, -0.2) is 0 Å². The molecule has 1 aromatic rings. The molecule has 0 bridgehead atoms. The van der Waals surface area contributed by atoms with E-state index in [9.17, 15) is 0 Å². The van der Waals surface area contributed by atoms with Crippen LogP contribution in [0.5, 0.6) is 5.75 Å². The first kappa shape index (κ1) is 13.0. The van der Waals surface area contributed by atoms with Gasteiger partial charge in [0.15, 0.2) is 0 Å². The summed E-state index contributed by atoms with van der Waals surface area (Å²) in [7, 11) is 2.02. The van der Waals surface area contributed by atoms with Gasteiger partial charge in [-0.15, -0.1) is 0 Å². The zero-order chi connectivity index (χ0) is 11.8. The molecule has 1 aromatic carbocycles. The normalized spacial score (nSPS) is 12.8. The minimum Gasteiger partial charge on any atom is -0.494 e. The molecule has 0 spiro atoms. The predicted octanol–water partition coefficient (Wildman–Crippen LogP) is 3.09. The second-order valence-corrected chi connectivity index (χ2v) is 4.57. The van der Waals surface area contributed by atoms with Crippen molar-refractivity contribution >= 4 is 0 Å². The maximum Gasteiger partial charge on any atom is 0.119 e. The minimum absolute atomic E-state index is 0.559. The monoisotopic (exact) mass is 221 g/mol. The Hall–Kier alpha value is -1.02. The molecule has 0 aliphatic carbocycles. The fourth-order valence-electron chi connectivity index (χ4n) is 1.78. The number of hydrogen-bond donors (Lipinski definition) is 1. The van der Waals surface area contributed by atoms with Gasteiger partial charge in [-0.05, 0) is 37.9 Å². The van der Waals surface area contributed by atoms with Crippen LogP contribution in [0.1, 0.15) is 26.7 Å². The highest BCUT2D eigenvalue weighted by molar-refractivity contribution is 5.20. The van der Waals surface area contributed by atoms with Crippen molar-refractivity contribution in [2.24, 2.45) is 5.92 Å². The molecule has 0 amide bonds. The molecule has 1 unspecified atom stereocenters. The lowest BCUT2D eigenvalue weighted by Gasteiger charge is -2.18. The average Bonchev–Trinajstić information content (AvgIpc) is 2.28. The third kappa shape index (κ3) is 5.17. The quantitative estimate of drug-likeness (QED) is 0.764. The highest BCUT2D eigenvalue weighted by Gasteiger charge is 2.08. The van der Waals surface area contributed by atoms with Crippen LogP contribution in [0.25, 0.3) is 0 Å². The summed E-state index contributed by atoms with van der Waals surface area (Å²) in [6.45, 7) is 5.28. The van der Waals surface area contributed by atoms with E-state index in [0.29, 0.717) is 6.04 Å². The van der Waals surface area contributed by atoms with Crippen molar-refractivity contribution in [1.82, 2.24) is 5.32 Å². The summed E-state index contributed by atoms with van der Waals surface area (Å²) < 4.78 is 5.68. The van der Waals surface area contributed by atoms with Gasteiger partial charge in [-0.2, -0.15) is 0 Å². The van der Waals surface area contributed by atoms with Crippen LogP contribution in [-0.4, -0.2) is 19.7 Å². The average molecular weight is 221 g/mol. The van der Waals surface area contributed by atoms with Crippen LogP contribution in [0.15, 0.2) is 30.3 Å². The smallest absolute Gasteiger partial charge is 0.119 e. The number of benzene rings is 1. The molecule has 0 aliphatic heterocycles. The molecule has 0 saturated heterocycles. The van der Waals surface area contributed by atoms with Gasteiger partial charge in [0.2, 0.25) is 0 Å². The standard InChI is InChI=1S/C14H23NO/c1-12(2)11-13(15-3)9-10-16-14-7-5-4-6-8-14/h4-8,12-13,15H,9-11H2,1-3H3. The zero-order valence-corrected chi connectivity index (χ0v) is 10.6. The van der Waals surface area contributed by atoms with Crippen molar-refractivity contribution in [1.29, 1.82) is 0 Å². The fraction of sp³-hybridized carbons (Fsp3) is 0.571. The summed E-state index contributed by atoms with van der Waals surface area (Å²) in [6.07, 6.45) is 2.26. The molecular formula is C14H23NO. The van der Waals surface area contributed by atoms with Crippen molar-refractivity contribution < 1.29 is 4.74 Å². The number of ether oxygens (including phenoxy) is 1. The largest absolute Gasteiger partial charge is 0.494 e. The summed E-state index contributed by atoms with van der Waals surface area (Å²) in [6, 6.07) is 10.6. The third-order valence-corrected chi connectivity index (χ3v) is 2.64. The lowest BCUT2D eigenvalue weighted by atomic mass is 10.0. The molecule has 1 atom stereocenters.